The maximum Gasteiger partial charge on any atom is 2.00 e. The molecule has 0 saturated carbocycles. The molecular weight excluding hydrogens is 563 g/mol. The van der Waals surface area contributed by atoms with Gasteiger partial charge in [-0.2, -0.15) is 0 Å². The second kappa shape index (κ2) is 40.5. The molecule has 0 aliphatic heterocycles. The van der Waals surface area contributed by atoms with Crippen molar-refractivity contribution in [2.45, 2.75) is 0 Å². The molecule has 0 aliphatic rings. The van der Waals surface area contributed by atoms with Crippen LogP contribution in [0.15, 0.2) is 0 Å². The quantitative estimate of drug-likeness (QED) is 0.275. The summed E-state index contributed by atoms with van der Waals surface area (Å²) in [5.74, 6) is 0. The van der Waals surface area contributed by atoms with Gasteiger partial charge in [0.15, 0.2) is 0 Å². The Kier molecular flexibility index (Phi) is 395. The van der Waals surface area contributed by atoms with Crippen LogP contribution in [0.25, 0.3) is 0 Å². The molecule has 0 nitrogen and oxygen atoms in total. The van der Waals surface area contributed by atoms with Crippen LogP contribution < -0.4 is 49.6 Å². The number of halogens is 4. The van der Waals surface area contributed by atoms with E-state index in [9.17, 15) is 0 Å². The zero-order valence-corrected chi connectivity index (χ0v) is 13.6. The second-order valence-corrected chi connectivity index (χ2v) is 0. The molecule has 0 radical (unpaired) electrons. The zero-order valence-electron chi connectivity index (χ0n) is 2.54. The van der Waals surface area contributed by atoms with Crippen LogP contribution in [0, 0.1) is 45.0 Å². The fraction of sp³-hybridized carbons (Fsp3) is 0. The SMILES string of the molecule is [Cl-].[Cl-].[Cl-].[Cl-].[Pt+2].[Ra+2]. The minimum Gasteiger partial charge on any atom is -1.00 e. The third kappa shape index (κ3) is 26.5. The summed E-state index contributed by atoms with van der Waals surface area (Å²) in [5.41, 5.74) is 0. The minimum atomic E-state index is 0. The largest absolute Gasteiger partial charge is 2.00 e. The van der Waals surface area contributed by atoms with Gasteiger partial charge in [-0.3, -0.25) is 0 Å². The number of rotatable bonds is 0. The average molecular weight is 563 g/mol. The summed E-state index contributed by atoms with van der Waals surface area (Å²) < 4.78 is 0. The zero-order chi connectivity index (χ0) is 0. The van der Waals surface area contributed by atoms with E-state index in [0.717, 1.165) is 0 Å². The summed E-state index contributed by atoms with van der Waals surface area (Å²) >= 11 is 0. The minimum absolute atomic E-state index is 0. The Balaban J connectivity index is 0. The first-order valence-electron chi connectivity index (χ1n) is 0. The molecule has 0 fully saturated rings. The third-order valence-electron chi connectivity index (χ3n) is 0. The Hall–Kier alpha value is 3.32. The van der Waals surface area contributed by atoms with Crippen LogP contribution in [-0.4, -0.2) is 0 Å². The molecule has 0 aliphatic carbocycles. The summed E-state index contributed by atoms with van der Waals surface area (Å²) in [6.45, 7) is 0. The van der Waals surface area contributed by atoms with Crippen molar-refractivity contribution in [2.75, 3.05) is 0 Å². The van der Waals surface area contributed by atoms with Crippen LogP contribution in [0.3, 0.4) is 0 Å². The fourth-order valence-corrected chi connectivity index (χ4v) is 0. The van der Waals surface area contributed by atoms with Crippen molar-refractivity contribution in [1.82, 2.24) is 0 Å². The van der Waals surface area contributed by atoms with Crippen molar-refractivity contribution < 1.29 is 116 Å². The van der Waals surface area contributed by atoms with Gasteiger partial charge in [0.2, 0.25) is 0 Å². The number of hydrogen-bond acceptors (Lipinski definition) is 0. The van der Waals surface area contributed by atoms with Crippen molar-refractivity contribution in [3.63, 3.8) is 0 Å². The van der Waals surface area contributed by atoms with Gasteiger partial charge < -0.3 is 49.6 Å². The van der Waals surface area contributed by atoms with E-state index < -0.39 is 0 Å². The van der Waals surface area contributed by atoms with E-state index in [0.29, 0.717) is 0 Å². The van der Waals surface area contributed by atoms with Gasteiger partial charge in [-0.25, -0.2) is 0 Å². The van der Waals surface area contributed by atoms with Crippen LogP contribution in [-0.2, 0) is 21.1 Å². The molecule has 6 heteroatoms. The fourth-order valence-electron chi connectivity index (χ4n) is 0. The maximum absolute atomic E-state index is 0. The molecule has 0 amide bonds. The molecule has 0 atom stereocenters. The van der Waals surface area contributed by atoms with Gasteiger partial charge in [0.05, 0.1) is 0 Å². The van der Waals surface area contributed by atoms with Gasteiger partial charge in [0.25, 0.3) is 0 Å². The normalized spacial score (nSPS) is 0. The van der Waals surface area contributed by atoms with E-state index >= 15 is 0 Å². The number of hydrogen-bond donors (Lipinski definition) is 0. The monoisotopic (exact) mass is 561 g/mol. The third-order valence-corrected chi connectivity index (χ3v) is 0. The average Bonchev–Trinajstić information content (AvgIpc) is 0. The Bertz CT molecular complexity index is 7.51. The Morgan fingerprint density at radius 2 is 0.500 bits per heavy atom. The van der Waals surface area contributed by atoms with Crippen molar-refractivity contribution >= 4 is 0 Å². The van der Waals surface area contributed by atoms with Crippen LogP contribution in [0.1, 0.15) is 0 Å². The molecule has 0 aromatic carbocycles. The van der Waals surface area contributed by atoms with E-state index in [2.05, 4.69) is 0 Å². The molecule has 0 aromatic rings. The van der Waals surface area contributed by atoms with Gasteiger partial charge in [-0.1, -0.05) is 0 Å². The summed E-state index contributed by atoms with van der Waals surface area (Å²) in [4.78, 5) is 0. The molecule has 0 aromatic heterocycles. The summed E-state index contributed by atoms with van der Waals surface area (Å²) in [5, 5.41) is 0. The smallest absolute Gasteiger partial charge is 1.00 e. The van der Waals surface area contributed by atoms with E-state index in [1.165, 1.54) is 0 Å². The van der Waals surface area contributed by atoms with Gasteiger partial charge in [0, 0.05) is 0 Å². The molecular formula is Cl4PtRa. The standard InChI is InChI=1S/4ClH.Pt.Ra/h4*1H;;/q;;;;2*+2/p-4. The van der Waals surface area contributed by atoms with Gasteiger partial charge in [-0.05, 0) is 0 Å². The first-order chi connectivity index (χ1) is 0. The second-order valence-electron chi connectivity index (χ2n) is 0. The first-order valence-corrected chi connectivity index (χ1v) is 0. The molecule has 40 valence electrons. The summed E-state index contributed by atoms with van der Waals surface area (Å²) in [7, 11) is 0. The van der Waals surface area contributed by atoms with Crippen LogP contribution in [0.4, 0.5) is 0 Å². The first kappa shape index (κ1) is 58.6. The Morgan fingerprint density at radius 1 is 0.500 bits per heavy atom. The van der Waals surface area contributed by atoms with Crippen molar-refractivity contribution in [2.24, 2.45) is 0 Å². The van der Waals surface area contributed by atoms with Gasteiger partial charge in [0.1, 0.15) is 0 Å². The summed E-state index contributed by atoms with van der Waals surface area (Å²) in [6.07, 6.45) is 0. The molecule has 0 heterocycles. The topological polar surface area (TPSA) is 0 Å². The van der Waals surface area contributed by atoms with Gasteiger partial charge in [-0.15, -0.1) is 0 Å². The van der Waals surface area contributed by atoms with Crippen molar-refractivity contribution in [1.29, 1.82) is 0 Å². The molecule has 0 bridgehead atoms. The van der Waals surface area contributed by atoms with E-state index in [-0.39, 0.29) is 116 Å². The Labute approximate surface area is 113 Å². The summed E-state index contributed by atoms with van der Waals surface area (Å²) in [6, 6.07) is 0. The molecule has 0 rings (SSSR count). The predicted octanol–water partition coefficient (Wildman–Crippen LogP) is -12.0. The van der Waals surface area contributed by atoms with E-state index in [1.807, 2.05) is 0 Å². The van der Waals surface area contributed by atoms with Gasteiger partial charge >= 0.3 is 66.1 Å². The van der Waals surface area contributed by atoms with Crippen molar-refractivity contribution in [3.8, 4) is 0 Å². The van der Waals surface area contributed by atoms with Crippen LogP contribution >= 0.6 is 0 Å². The van der Waals surface area contributed by atoms with E-state index in [4.69, 9.17) is 0 Å². The maximum atomic E-state index is 0. The molecule has 0 unspecified atom stereocenters. The molecule has 6 heavy (non-hydrogen) atoms. The Morgan fingerprint density at radius 3 is 0.500 bits per heavy atom. The molecule has 0 N–H and O–H groups in total. The molecule has 0 saturated heterocycles. The predicted molar refractivity (Wildman–Crippen MR) is 0 cm³/mol. The van der Waals surface area contributed by atoms with E-state index in [1.54, 1.807) is 0 Å². The van der Waals surface area contributed by atoms with Crippen LogP contribution in [0.5, 0.6) is 0 Å². The van der Waals surface area contributed by atoms with Crippen LogP contribution in [0.2, 0.25) is 0 Å². The van der Waals surface area contributed by atoms with Crippen molar-refractivity contribution in [3.05, 3.63) is 0 Å². The molecule has 0 spiro atoms.